The Hall–Kier alpha value is -1.82. The van der Waals surface area contributed by atoms with E-state index in [-0.39, 0.29) is 0 Å². The molecule has 1 aromatic rings. The van der Waals surface area contributed by atoms with Gasteiger partial charge in [0.05, 0.1) is 6.54 Å². The van der Waals surface area contributed by atoms with Crippen LogP contribution in [0.4, 0.5) is 5.82 Å². The number of anilines is 1. The summed E-state index contributed by atoms with van der Waals surface area (Å²) in [4.78, 5) is 14.0. The van der Waals surface area contributed by atoms with E-state index in [4.69, 9.17) is 4.99 Å². The Kier molecular flexibility index (Phi) is 7.50. The van der Waals surface area contributed by atoms with Gasteiger partial charge in [0.1, 0.15) is 5.82 Å². The predicted molar refractivity (Wildman–Crippen MR) is 106 cm³/mol. The number of rotatable bonds is 6. The predicted octanol–water partition coefficient (Wildman–Crippen LogP) is 1.93. The Morgan fingerprint density at radius 3 is 2.60 bits per heavy atom. The minimum atomic E-state index is 0.385. The second-order valence-corrected chi connectivity index (χ2v) is 7.18. The first kappa shape index (κ1) is 19.5. The number of piperazine rings is 1. The minimum absolute atomic E-state index is 0.385. The molecule has 1 fully saturated rings. The summed E-state index contributed by atoms with van der Waals surface area (Å²) < 4.78 is 0. The lowest BCUT2D eigenvalue weighted by atomic mass is 10.1. The van der Waals surface area contributed by atoms with Crippen molar-refractivity contribution < 1.29 is 0 Å². The average Bonchev–Trinajstić information content (AvgIpc) is 2.60. The average molecular weight is 347 g/mol. The molecule has 25 heavy (non-hydrogen) atoms. The SMILES string of the molecule is CCNC(=NCc1ccnc(N2CCN(C)CC2)c1)NC(C)C(C)C. The van der Waals surface area contributed by atoms with E-state index in [0.717, 1.165) is 44.5 Å². The van der Waals surface area contributed by atoms with E-state index in [1.807, 2.05) is 6.20 Å². The van der Waals surface area contributed by atoms with Crippen LogP contribution in [0.1, 0.15) is 33.3 Å². The molecular formula is C19H34N6. The Balaban J connectivity index is 2.01. The van der Waals surface area contributed by atoms with E-state index in [0.29, 0.717) is 18.5 Å². The van der Waals surface area contributed by atoms with Crippen molar-refractivity contribution in [1.29, 1.82) is 0 Å². The molecule has 0 aliphatic carbocycles. The molecule has 6 nitrogen and oxygen atoms in total. The van der Waals surface area contributed by atoms with Crippen LogP contribution in [0.25, 0.3) is 0 Å². The highest BCUT2D eigenvalue weighted by Gasteiger charge is 2.15. The number of nitrogens with zero attached hydrogens (tertiary/aromatic N) is 4. The Morgan fingerprint density at radius 2 is 1.96 bits per heavy atom. The lowest BCUT2D eigenvalue weighted by molar-refractivity contribution is 0.312. The summed E-state index contributed by atoms with van der Waals surface area (Å²) >= 11 is 0. The van der Waals surface area contributed by atoms with Crippen LogP contribution in [-0.4, -0.2) is 61.7 Å². The highest BCUT2D eigenvalue weighted by molar-refractivity contribution is 5.80. The third kappa shape index (κ3) is 6.20. The molecule has 2 N–H and O–H groups in total. The van der Waals surface area contributed by atoms with Gasteiger partial charge in [0.25, 0.3) is 0 Å². The van der Waals surface area contributed by atoms with Crippen molar-refractivity contribution in [2.24, 2.45) is 10.9 Å². The van der Waals surface area contributed by atoms with Gasteiger partial charge in [0.15, 0.2) is 5.96 Å². The smallest absolute Gasteiger partial charge is 0.191 e. The van der Waals surface area contributed by atoms with E-state index in [1.54, 1.807) is 0 Å². The maximum atomic E-state index is 4.74. The Bertz CT molecular complexity index is 549. The fraction of sp³-hybridized carbons (Fsp3) is 0.684. The molecular weight excluding hydrogens is 312 g/mol. The zero-order chi connectivity index (χ0) is 18.2. The molecule has 1 aliphatic heterocycles. The fourth-order valence-electron chi connectivity index (χ4n) is 2.64. The van der Waals surface area contributed by atoms with Gasteiger partial charge >= 0.3 is 0 Å². The summed E-state index contributed by atoms with van der Waals surface area (Å²) in [6.07, 6.45) is 1.90. The zero-order valence-electron chi connectivity index (χ0n) is 16.4. The van der Waals surface area contributed by atoms with Crippen molar-refractivity contribution >= 4 is 11.8 Å². The normalized spacial score (nSPS) is 17.7. The summed E-state index contributed by atoms with van der Waals surface area (Å²) in [6, 6.07) is 4.61. The lowest BCUT2D eigenvalue weighted by Crippen LogP contribution is -2.44. The maximum Gasteiger partial charge on any atom is 0.191 e. The highest BCUT2D eigenvalue weighted by atomic mass is 15.3. The van der Waals surface area contributed by atoms with Gasteiger partial charge in [0.2, 0.25) is 0 Å². The Labute approximate surface area is 152 Å². The molecule has 2 heterocycles. The van der Waals surface area contributed by atoms with Crippen molar-refractivity contribution in [2.45, 2.75) is 40.3 Å². The molecule has 1 saturated heterocycles. The molecule has 0 saturated carbocycles. The van der Waals surface area contributed by atoms with Crippen molar-refractivity contribution in [3.63, 3.8) is 0 Å². The van der Waals surface area contributed by atoms with Gasteiger partial charge in [-0.15, -0.1) is 0 Å². The molecule has 6 heteroatoms. The van der Waals surface area contributed by atoms with Crippen LogP contribution in [0, 0.1) is 5.92 Å². The third-order valence-corrected chi connectivity index (χ3v) is 4.77. The molecule has 1 aliphatic rings. The zero-order valence-corrected chi connectivity index (χ0v) is 16.4. The second kappa shape index (κ2) is 9.61. The molecule has 0 amide bonds. The summed E-state index contributed by atoms with van der Waals surface area (Å²) in [5, 5.41) is 6.81. The summed E-state index contributed by atoms with van der Waals surface area (Å²) in [5.74, 6) is 2.50. The lowest BCUT2D eigenvalue weighted by Gasteiger charge is -2.33. The summed E-state index contributed by atoms with van der Waals surface area (Å²) in [6.45, 7) is 14.5. The number of guanidine groups is 1. The number of aliphatic imine (C=N–C) groups is 1. The van der Waals surface area contributed by atoms with Crippen LogP contribution in [-0.2, 0) is 6.54 Å². The monoisotopic (exact) mass is 346 g/mol. The van der Waals surface area contributed by atoms with E-state index in [9.17, 15) is 0 Å². The summed E-state index contributed by atoms with van der Waals surface area (Å²) in [7, 11) is 2.17. The molecule has 1 atom stereocenters. The topological polar surface area (TPSA) is 55.8 Å². The molecule has 0 radical (unpaired) electrons. The highest BCUT2D eigenvalue weighted by Crippen LogP contribution is 2.15. The minimum Gasteiger partial charge on any atom is -0.357 e. The molecule has 1 unspecified atom stereocenters. The largest absolute Gasteiger partial charge is 0.357 e. The van der Waals surface area contributed by atoms with Crippen LogP contribution in [0.15, 0.2) is 23.3 Å². The Morgan fingerprint density at radius 1 is 1.24 bits per heavy atom. The van der Waals surface area contributed by atoms with Gasteiger partial charge in [-0.3, -0.25) is 0 Å². The van der Waals surface area contributed by atoms with E-state index < -0.39 is 0 Å². The van der Waals surface area contributed by atoms with Crippen LogP contribution >= 0.6 is 0 Å². The maximum absolute atomic E-state index is 4.74. The van der Waals surface area contributed by atoms with Gasteiger partial charge in [-0.1, -0.05) is 13.8 Å². The standard InChI is InChI=1S/C19H34N6/c1-6-20-19(23-16(4)15(2)3)22-14-17-7-8-21-18(13-17)25-11-9-24(5)10-12-25/h7-8,13,15-16H,6,9-12,14H2,1-5H3,(H2,20,22,23). The number of likely N-dealkylation sites (N-methyl/N-ethyl adjacent to an activating group) is 1. The molecule has 140 valence electrons. The number of aromatic nitrogens is 1. The third-order valence-electron chi connectivity index (χ3n) is 4.77. The molecule has 1 aromatic heterocycles. The first-order valence-corrected chi connectivity index (χ1v) is 9.43. The fourth-order valence-corrected chi connectivity index (χ4v) is 2.64. The van der Waals surface area contributed by atoms with Gasteiger partial charge in [0, 0.05) is 45.0 Å². The molecule has 2 rings (SSSR count). The van der Waals surface area contributed by atoms with Crippen molar-refractivity contribution in [3.05, 3.63) is 23.9 Å². The van der Waals surface area contributed by atoms with Gasteiger partial charge < -0.3 is 20.4 Å². The van der Waals surface area contributed by atoms with Crippen LogP contribution in [0.5, 0.6) is 0 Å². The summed E-state index contributed by atoms with van der Waals surface area (Å²) in [5.41, 5.74) is 1.19. The van der Waals surface area contributed by atoms with Gasteiger partial charge in [-0.05, 0) is 44.5 Å². The van der Waals surface area contributed by atoms with E-state index in [1.165, 1.54) is 5.56 Å². The number of hydrogen-bond donors (Lipinski definition) is 2. The molecule has 0 aromatic carbocycles. The first-order chi connectivity index (χ1) is 12.0. The molecule has 0 spiro atoms. The van der Waals surface area contributed by atoms with Gasteiger partial charge in [-0.2, -0.15) is 0 Å². The number of hydrogen-bond acceptors (Lipinski definition) is 4. The van der Waals surface area contributed by atoms with Crippen LogP contribution < -0.4 is 15.5 Å². The van der Waals surface area contributed by atoms with Crippen LogP contribution in [0.3, 0.4) is 0 Å². The van der Waals surface area contributed by atoms with Crippen LogP contribution in [0.2, 0.25) is 0 Å². The van der Waals surface area contributed by atoms with Crippen molar-refractivity contribution in [2.75, 3.05) is 44.7 Å². The van der Waals surface area contributed by atoms with Crippen molar-refractivity contribution in [3.8, 4) is 0 Å². The van der Waals surface area contributed by atoms with E-state index in [2.05, 4.69) is 72.3 Å². The molecule has 0 bridgehead atoms. The second-order valence-electron chi connectivity index (χ2n) is 7.18. The van der Waals surface area contributed by atoms with E-state index >= 15 is 0 Å². The number of nitrogens with one attached hydrogen (secondary N) is 2. The van der Waals surface area contributed by atoms with Crippen molar-refractivity contribution in [1.82, 2.24) is 20.5 Å². The quantitative estimate of drug-likeness (QED) is 0.609. The first-order valence-electron chi connectivity index (χ1n) is 9.43. The van der Waals surface area contributed by atoms with Gasteiger partial charge in [-0.25, -0.2) is 9.98 Å². The number of pyridine rings is 1.